The van der Waals surface area contributed by atoms with Crippen LogP contribution in [0.4, 0.5) is 0 Å². The molecule has 6 heteroatoms. The molecule has 1 aromatic carbocycles. The molecule has 110 valence electrons. The molecule has 0 saturated carbocycles. The maximum atomic E-state index is 12.1. The third-order valence-electron chi connectivity index (χ3n) is 3.39. The van der Waals surface area contributed by atoms with Gasteiger partial charge in [-0.05, 0) is 31.2 Å². The summed E-state index contributed by atoms with van der Waals surface area (Å²) >= 11 is 0. The van der Waals surface area contributed by atoms with Crippen molar-refractivity contribution in [2.45, 2.75) is 37.5 Å². The number of unbranched alkanes of at least 4 members (excludes halogenated alkanes) is 1. The number of carbonyl (C=O) groups is 1. The molecule has 1 N–H and O–H groups in total. The monoisotopic (exact) mass is 297 g/mol. The van der Waals surface area contributed by atoms with E-state index in [1.165, 1.54) is 13.1 Å². The Morgan fingerprint density at radius 3 is 2.80 bits per heavy atom. The molecule has 1 heterocycles. The first-order valence-corrected chi connectivity index (χ1v) is 8.24. The number of rotatable bonds is 6. The topological polar surface area (TPSA) is 72.5 Å². The van der Waals surface area contributed by atoms with Crippen LogP contribution in [-0.4, -0.2) is 27.9 Å². The lowest BCUT2D eigenvalue weighted by Crippen LogP contribution is -2.20. The second kappa shape index (κ2) is 5.93. The molecule has 1 aliphatic heterocycles. The van der Waals surface area contributed by atoms with Crippen LogP contribution in [0.15, 0.2) is 17.0 Å². The SMILES string of the molecule is CCCCC(=O)c1cc2c(c(S(=O)(=O)NC)c1)OCC2. The fraction of sp³-hybridized carbons (Fsp3) is 0.500. The number of Topliss-reactive ketones (excluding diaryl/α,β-unsaturated/α-hetero) is 1. The summed E-state index contributed by atoms with van der Waals surface area (Å²) in [6, 6.07) is 3.18. The van der Waals surface area contributed by atoms with Gasteiger partial charge in [-0.2, -0.15) is 0 Å². The number of nitrogens with one attached hydrogen (secondary N) is 1. The summed E-state index contributed by atoms with van der Waals surface area (Å²) in [5.74, 6) is 0.362. The van der Waals surface area contributed by atoms with Gasteiger partial charge in [-0.3, -0.25) is 4.79 Å². The number of ketones is 1. The van der Waals surface area contributed by atoms with Crippen LogP contribution in [-0.2, 0) is 16.4 Å². The van der Waals surface area contributed by atoms with Crippen LogP contribution >= 0.6 is 0 Å². The highest BCUT2D eigenvalue weighted by atomic mass is 32.2. The summed E-state index contributed by atoms with van der Waals surface area (Å²) in [6.45, 7) is 2.47. The Kier molecular flexibility index (Phi) is 4.45. The van der Waals surface area contributed by atoms with E-state index in [0.29, 0.717) is 30.8 Å². The van der Waals surface area contributed by atoms with Crippen molar-refractivity contribution in [3.8, 4) is 5.75 Å². The molecule has 1 aromatic rings. The Labute approximate surface area is 119 Å². The standard InChI is InChI=1S/C14H19NO4S/c1-3-4-5-12(16)11-8-10-6-7-19-14(10)13(9-11)20(17,18)15-2/h8-9,15H,3-7H2,1-2H3. The molecular formula is C14H19NO4S. The molecule has 0 atom stereocenters. The zero-order valence-electron chi connectivity index (χ0n) is 11.7. The molecule has 1 aliphatic rings. The molecule has 0 bridgehead atoms. The molecule has 5 nitrogen and oxygen atoms in total. The first-order chi connectivity index (χ1) is 9.49. The van der Waals surface area contributed by atoms with Gasteiger partial charge in [-0.1, -0.05) is 13.3 Å². The average Bonchev–Trinajstić information content (AvgIpc) is 2.91. The van der Waals surface area contributed by atoms with Crippen LogP contribution in [0.3, 0.4) is 0 Å². The minimum absolute atomic E-state index is 0.0193. The van der Waals surface area contributed by atoms with E-state index in [1.807, 2.05) is 6.92 Å². The lowest BCUT2D eigenvalue weighted by molar-refractivity contribution is 0.0979. The third-order valence-corrected chi connectivity index (χ3v) is 4.81. The van der Waals surface area contributed by atoms with Crippen molar-refractivity contribution in [3.05, 3.63) is 23.3 Å². The highest BCUT2D eigenvalue weighted by Gasteiger charge is 2.26. The number of hydrogen-bond donors (Lipinski definition) is 1. The Balaban J connectivity index is 2.47. The molecular weight excluding hydrogens is 278 g/mol. The number of benzene rings is 1. The lowest BCUT2D eigenvalue weighted by Gasteiger charge is -2.10. The van der Waals surface area contributed by atoms with Crippen molar-refractivity contribution >= 4 is 15.8 Å². The Morgan fingerprint density at radius 1 is 1.40 bits per heavy atom. The van der Waals surface area contributed by atoms with Crippen LogP contribution in [0.5, 0.6) is 5.75 Å². The molecule has 0 radical (unpaired) electrons. The van der Waals surface area contributed by atoms with Crippen LogP contribution in [0.2, 0.25) is 0 Å². The lowest BCUT2D eigenvalue weighted by atomic mass is 10.0. The van der Waals surface area contributed by atoms with Crippen molar-refractivity contribution in [1.29, 1.82) is 0 Å². The number of sulfonamides is 1. The number of fused-ring (bicyclic) bond motifs is 1. The predicted octanol–water partition coefficient (Wildman–Crippen LogP) is 1.90. The zero-order chi connectivity index (χ0) is 14.8. The van der Waals surface area contributed by atoms with Gasteiger partial charge in [0.05, 0.1) is 6.61 Å². The maximum Gasteiger partial charge on any atom is 0.244 e. The molecule has 0 amide bonds. The Bertz CT molecular complexity index is 622. The normalized spacial score (nSPS) is 13.9. The van der Waals surface area contributed by atoms with Crippen LogP contribution in [0, 0.1) is 0 Å². The summed E-state index contributed by atoms with van der Waals surface area (Å²) in [4.78, 5) is 12.2. The maximum absolute atomic E-state index is 12.1. The van der Waals surface area contributed by atoms with Crippen LogP contribution in [0.1, 0.15) is 42.1 Å². The minimum atomic E-state index is -3.63. The highest BCUT2D eigenvalue weighted by molar-refractivity contribution is 7.89. The summed E-state index contributed by atoms with van der Waals surface area (Å²) in [5, 5.41) is 0. The second-order valence-electron chi connectivity index (χ2n) is 4.80. The Morgan fingerprint density at radius 2 is 2.15 bits per heavy atom. The van der Waals surface area contributed by atoms with E-state index in [2.05, 4.69) is 4.72 Å². The van der Waals surface area contributed by atoms with E-state index < -0.39 is 10.0 Å². The van der Waals surface area contributed by atoms with Crippen molar-refractivity contribution in [2.24, 2.45) is 0 Å². The molecule has 0 spiro atoms. The first-order valence-electron chi connectivity index (χ1n) is 6.76. The van der Waals surface area contributed by atoms with E-state index in [-0.39, 0.29) is 10.7 Å². The molecule has 2 rings (SSSR count). The molecule has 20 heavy (non-hydrogen) atoms. The van der Waals surface area contributed by atoms with E-state index in [0.717, 1.165) is 18.4 Å². The highest BCUT2D eigenvalue weighted by Crippen LogP contribution is 2.34. The smallest absolute Gasteiger partial charge is 0.244 e. The van der Waals surface area contributed by atoms with E-state index in [4.69, 9.17) is 4.74 Å². The molecule has 0 aromatic heterocycles. The first kappa shape index (κ1) is 15.0. The fourth-order valence-corrected chi connectivity index (χ4v) is 3.16. The van der Waals surface area contributed by atoms with Crippen molar-refractivity contribution in [3.63, 3.8) is 0 Å². The average molecular weight is 297 g/mol. The van der Waals surface area contributed by atoms with Gasteiger partial charge in [0.2, 0.25) is 10.0 Å². The zero-order valence-corrected chi connectivity index (χ0v) is 12.5. The second-order valence-corrected chi connectivity index (χ2v) is 6.65. The van der Waals surface area contributed by atoms with E-state index >= 15 is 0 Å². The van der Waals surface area contributed by atoms with E-state index in [1.54, 1.807) is 6.07 Å². The van der Waals surface area contributed by atoms with Crippen LogP contribution in [0.25, 0.3) is 0 Å². The number of ether oxygens (including phenoxy) is 1. The summed E-state index contributed by atoms with van der Waals surface area (Å²) in [5.41, 5.74) is 1.25. The quantitative estimate of drug-likeness (QED) is 0.814. The van der Waals surface area contributed by atoms with Gasteiger partial charge < -0.3 is 4.74 Å². The number of carbonyl (C=O) groups excluding carboxylic acids is 1. The summed E-state index contributed by atoms with van der Waals surface area (Å²) < 4.78 is 31.8. The minimum Gasteiger partial charge on any atom is -0.492 e. The van der Waals surface area contributed by atoms with E-state index in [9.17, 15) is 13.2 Å². The number of hydrogen-bond acceptors (Lipinski definition) is 4. The van der Waals surface area contributed by atoms with Gasteiger partial charge in [-0.15, -0.1) is 0 Å². The van der Waals surface area contributed by atoms with Crippen molar-refractivity contribution < 1.29 is 17.9 Å². The van der Waals surface area contributed by atoms with Gasteiger partial charge in [0.25, 0.3) is 0 Å². The summed E-state index contributed by atoms with van der Waals surface area (Å²) in [7, 11) is -2.28. The Hall–Kier alpha value is -1.40. The van der Waals surface area contributed by atoms with Crippen LogP contribution < -0.4 is 9.46 Å². The molecule has 0 saturated heterocycles. The molecule has 0 unspecified atom stereocenters. The largest absolute Gasteiger partial charge is 0.492 e. The van der Waals surface area contributed by atoms with Gasteiger partial charge >= 0.3 is 0 Å². The van der Waals surface area contributed by atoms with Crippen molar-refractivity contribution in [1.82, 2.24) is 4.72 Å². The molecule has 0 fully saturated rings. The fourth-order valence-electron chi connectivity index (χ4n) is 2.22. The van der Waals surface area contributed by atoms with Crippen molar-refractivity contribution in [2.75, 3.05) is 13.7 Å². The van der Waals surface area contributed by atoms with Gasteiger partial charge in [0.15, 0.2) is 5.78 Å². The molecule has 0 aliphatic carbocycles. The summed E-state index contributed by atoms with van der Waals surface area (Å²) in [6.07, 6.45) is 2.81. The van der Waals surface area contributed by atoms with Gasteiger partial charge in [0, 0.05) is 18.4 Å². The third kappa shape index (κ3) is 2.86. The van der Waals surface area contributed by atoms with Gasteiger partial charge in [0.1, 0.15) is 10.6 Å². The van der Waals surface area contributed by atoms with Gasteiger partial charge in [-0.25, -0.2) is 13.1 Å². The predicted molar refractivity (Wildman–Crippen MR) is 75.7 cm³/mol.